The van der Waals surface area contributed by atoms with Gasteiger partial charge in [-0.3, -0.25) is 9.59 Å². The van der Waals surface area contributed by atoms with Gasteiger partial charge in [0.15, 0.2) is 0 Å². The first-order valence-electron chi connectivity index (χ1n) is 8.51. The maximum Gasteiger partial charge on any atom is 0.339 e. The van der Waals surface area contributed by atoms with E-state index >= 15 is 0 Å². The Balaban J connectivity index is 1.76. The van der Waals surface area contributed by atoms with E-state index in [0.717, 1.165) is 6.41 Å². The summed E-state index contributed by atoms with van der Waals surface area (Å²) in [6, 6.07) is 10.2. The van der Waals surface area contributed by atoms with Crippen molar-refractivity contribution >= 4 is 29.8 Å². The zero-order valence-corrected chi connectivity index (χ0v) is 14.9. The number of nitrogens with one attached hydrogen (secondary N) is 1. The zero-order valence-electron chi connectivity index (χ0n) is 14.9. The number of para-hydroxylation sites is 1. The molecule has 1 aliphatic heterocycles. The number of pyridine rings is 1. The largest absolute Gasteiger partial charge is 0.465 e. The molecule has 0 atom stereocenters. The second kappa shape index (κ2) is 8.31. The van der Waals surface area contributed by atoms with Crippen LogP contribution in [0.25, 0.3) is 0 Å². The molecule has 1 aromatic carbocycles. The van der Waals surface area contributed by atoms with Gasteiger partial charge in [0.1, 0.15) is 5.82 Å². The molecule has 8 heteroatoms. The fourth-order valence-electron chi connectivity index (χ4n) is 2.86. The van der Waals surface area contributed by atoms with Crippen LogP contribution in [-0.4, -0.2) is 66.4 Å². The van der Waals surface area contributed by atoms with Crippen LogP contribution in [0.2, 0.25) is 0 Å². The molecule has 1 aliphatic rings. The standard InChI is InChI=1S/C19H20N4O4/c1-27-19(26)15-4-2-3-5-16(15)21-17-12-14(6-7-20-17)18(25)23-10-8-22(13-24)9-11-23/h2-7,12-13H,8-11H2,1H3,(H,20,21). The third-order valence-electron chi connectivity index (χ3n) is 4.35. The Hall–Kier alpha value is -3.42. The Morgan fingerprint density at radius 2 is 1.89 bits per heavy atom. The summed E-state index contributed by atoms with van der Waals surface area (Å²) < 4.78 is 4.78. The average molecular weight is 368 g/mol. The molecule has 1 N–H and O–H groups in total. The molecule has 27 heavy (non-hydrogen) atoms. The normalized spacial score (nSPS) is 13.8. The van der Waals surface area contributed by atoms with Crippen molar-refractivity contribution in [2.45, 2.75) is 0 Å². The molecule has 1 aromatic heterocycles. The van der Waals surface area contributed by atoms with Crippen LogP contribution < -0.4 is 5.32 Å². The third-order valence-corrected chi connectivity index (χ3v) is 4.35. The molecule has 0 unspecified atom stereocenters. The van der Waals surface area contributed by atoms with Crippen LogP contribution in [-0.2, 0) is 9.53 Å². The van der Waals surface area contributed by atoms with Gasteiger partial charge in [-0.2, -0.15) is 0 Å². The smallest absolute Gasteiger partial charge is 0.339 e. The number of carbonyl (C=O) groups excluding carboxylic acids is 3. The summed E-state index contributed by atoms with van der Waals surface area (Å²) in [4.78, 5) is 43.0. The Morgan fingerprint density at radius 3 is 2.59 bits per heavy atom. The van der Waals surface area contributed by atoms with Crippen molar-refractivity contribution in [2.24, 2.45) is 0 Å². The minimum atomic E-state index is -0.460. The Morgan fingerprint density at radius 1 is 1.15 bits per heavy atom. The van der Waals surface area contributed by atoms with E-state index in [4.69, 9.17) is 4.74 Å². The van der Waals surface area contributed by atoms with Gasteiger partial charge in [-0.1, -0.05) is 12.1 Å². The second-order valence-corrected chi connectivity index (χ2v) is 6.03. The van der Waals surface area contributed by atoms with Crippen LogP contribution in [0.1, 0.15) is 20.7 Å². The van der Waals surface area contributed by atoms with Gasteiger partial charge in [0, 0.05) is 37.9 Å². The Labute approximate surface area is 156 Å². The molecule has 2 aromatic rings. The lowest BCUT2D eigenvalue weighted by molar-refractivity contribution is -0.119. The first-order valence-corrected chi connectivity index (χ1v) is 8.51. The number of rotatable bonds is 5. The molecule has 1 fully saturated rings. The number of aromatic nitrogens is 1. The Kier molecular flexibility index (Phi) is 5.65. The highest BCUT2D eigenvalue weighted by Crippen LogP contribution is 2.21. The summed E-state index contributed by atoms with van der Waals surface area (Å²) in [7, 11) is 1.32. The summed E-state index contributed by atoms with van der Waals surface area (Å²) in [5, 5.41) is 3.06. The van der Waals surface area contributed by atoms with Crippen molar-refractivity contribution in [3.8, 4) is 0 Å². The zero-order chi connectivity index (χ0) is 19.2. The van der Waals surface area contributed by atoms with E-state index in [1.807, 2.05) is 0 Å². The van der Waals surface area contributed by atoms with E-state index in [2.05, 4.69) is 10.3 Å². The number of methoxy groups -OCH3 is 1. The minimum Gasteiger partial charge on any atom is -0.465 e. The topological polar surface area (TPSA) is 91.8 Å². The van der Waals surface area contributed by atoms with Gasteiger partial charge < -0.3 is 19.9 Å². The van der Waals surface area contributed by atoms with E-state index in [1.165, 1.54) is 13.3 Å². The molecule has 0 saturated carbocycles. The van der Waals surface area contributed by atoms with E-state index in [0.29, 0.717) is 48.8 Å². The second-order valence-electron chi connectivity index (χ2n) is 6.03. The number of hydrogen-bond donors (Lipinski definition) is 1. The molecule has 140 valence electrons. The molecule has 8 nitrogen and oxygen atoms in total. The van der Waals surface area contributed by atoms with Gasteiger partial charge in [-0.25, -0.2) is 9.78 Å². The summed E-state index contributed by atoms with van der Waals surface area (Å²) in [5.41, 5.74) is 1.41. The van der Waals surface area contributed by atoms with Gasteiger partial charge in [0.2, 0.25) is 6.41 Å². The lowest BCUT2D eigenvalue weighted by atomic mass is 10.1. The first-order chi connectivity index (χ1) is 13.1. The predicted octanol–water partition coefficient (Wildman–Crippen LogP) is 1.53. The highest BCUT2D eigenvalue weighted by atomic mass is 16.5. The maximum absolute atomic E-state index is 12.7. The number of ether oxygens (including phenoxy) is 1. The summed E-state index contributed by atoms with van der Waals surface area (Å²) in [6.07, 6.45) is 2.34. The van der Waals surface area contributed by atoms with Crippen molar-refractivity contribution in [3.63, 3.8) is 0 Å². The molecule has 2 amide bonds. The average Bonchev–Trinajstić information content (AvgIpc) is 2.73. The third kappa shape index (κ3) is 4.22. The number of esters is 1. The van der Waals surface area contributed by atoms with Crippen LogP contribution in [0.3, 0.4) is 0 Å². The number of benzene rings is 1. The van der Waals surface area contributed by atoms with Crippen molar-refractivity contribution in [1.29, 1.82) is 0 Å². The molecule has 3 rings (SSSR count). The lowest BCUT2D eigenvalue weighted by Crippen LogP contribution is -2.48. The van der Waals surface area contributed by atoms with E-state index in [9.17, 15) is 14.4 Å². The summed E-state index contributed by atoms with van der Waals surface area (Å²) in [6.45, 7) is 2.04. The number of anilines is 2. The minimum absolute atomic E-state index is 0.118. The molecule has 1 saturated heterocycles. The van der Waals surface area contributed by atoms with E-state index < -0.39 is 5.97 Å². The van der Waals surface area contributed by atoms with E-state index in [1.54, 1.807) is 46.2 Å². The van der Waals surface area contributed by atoms with Crippen LogP contribution in [0.5, 0.6) is 0 Å². The molecule has 2 heterocycles. The molecule has 0 radical (unpaired) electrons. The fraction of sp³-hybridized carbons (Fsp3) is 0.263. The molecule has 0 bridgehead atoms. The fourth-order valence-corrected chi connectivity index (χ4v) is 2.86. The predicted molar refractivity (Wildman–Crippen MR) is 98.8 cm³/mol. The summed E-state index contributed by atoms with van der Waals surface area (Å²) >= 11 is 0. The number of piperazine rings is 1. The monoisotopic (exact) mass is 368 g/mol. The van der Waals surface area contributed by atoms with Crippen molar-refractivity contribution < 1.29 is 19.1 Å². The van der Waals surface area contributed by atoms with E-state index in [-0.39, 0.29) is 5.91 Å². The maximum atomic E-state index is 12.7. The quantitative estimate of drug-likeness (QED) is 0.636. The highest BCUT2D eigenvalue weighted by Gasteiger charge is 2.21. The van der Waals surface area contributed by atoms with Crippen LogP contribution in [0, 0.1) is 0 Å². The van der Waals surface area contributed by atoms with Gasteiger partial charge in [0.05, 0.1) is 18.4 Å². The molecule has 0 spiro atoms. The summed E-state index contributed by atoms with van der Waals surface area (Å²) in [5.74, 6) is -0.130. The van der Waals surface area contributed by atoms with Crippen molar-refractivity contribution in [1.82, 2.24) is 14.8 Å². The first kappa shape index (κ1) is 18.4. The van der Waals surface area contributed by atoms with Gasteiger partial charge in [-0.05, 0) is 24.3 Å². The van der Waals surface area contributed by atoms with Crippen LogP contribution in [0.4, 0.5) is 11.5 Å². The number of carbonyl (C=O) groups is 3. The van der Waals surface area contributed by atoms with Crippen LogP contribution in [0.15, 0.2) is 42.6 Å². The van der Waals surface area contributed by atoms with Crippen LogP contribution >= 0.6 is 0 Å². The Bertz CT molecular complexity index is 847. The van der Waals surface area contributed by atoms with Gasteiger partial charge in [-0.15, -0.1) is 0 Å². The van der Waals surface area contributed by atoms with Crippen molar-refractivity contribution in [2.75, 3.05) is 38.6 Å². The van der Waals surface area contributed by atoms with Gasteiger partial charge >= 0.3 is 5.97 Å². The number of nitrogens with zero attached hydrogens (tertiary/aromatic N) is 3. The van der Waals surface area contributed by atoms with Gasteiger partial charge in [0.25, 0.3) is 5.91 Å². The lowest BCUT2D eigenvalue weighted by Gasteiger charge is -2.32. The molecular formula is C19H20N4O4. The highest BCUT2D eigenvalue weighted by molar-refractivity contribution is 5.97. The SMILES string of the molecule is COC(=O)c1ccccc1Nc1cc(C(=O)N2CCN(C=O)CC2)ccn1. The number of hydrogen-bond acceptors (Lipinski definition) is 6. The molecular weight excluding hydrogens is 348 g/mol. The molecule has 0 aliphatic carbocycles. The number of amides is 2. The van der Waals surface area contributed by atoms with Crippen molar-refractivity contribution in [3.05, 3.63) is 53.7 Å².